The number of aliphatic hydroxyl groups is 1. The Bertz CT molecular complexity index is 560. The second-order valence-corrected chi connectivity index (χ2v) is 8.50. The summed E-state index contributed by atoms with van der Waals surface area (Å²) in [5, 5.41) is 19.5. The minimum absolute atomic E-state index is 0.190. The first-order valence-corrected chi connectivity index (χ1v) is 10.3. The van der Waals surface area contributed by atoms with Crippen LogP contribution in [-0.2, 0) is 4.79 Å². The summed E-state index contributed by atoms with van der Waals surface area (Å²) in [7, 11) is 0. The second-order valence-electron chi connectivity index (χ2n) is 8.50. The van der Waals surface area contributed by atoms with Gasteiger partial charge in [0, 0.05) is 6.08 Å². The van der Waals surface area contributed by atoms with Crippen LogP contribution in [0.25, 0.3) is 0 Å². The lowest BCUT2D eigenvalue weighted by atomic mass is 9.53. The van der Waals surface area contributed by atoms with E-state index in [4.69, 9.17) is 5.11 Å². The number of carboxylic acids is 1. The lowest BCUT2D eigenvalue weighted by Gasteiger charge is -2.52. The Morgan fingerprint density at radius 3 is 2.54 bits per heavy atom. The zero-order valence-electron chi connectivity index (χ0n) is 16.8. The van der Waals surface area contributed by atoms with Gasteiger partial charge in [-0.15, -0.1) is 0 Å². The lowest BCUT2D eigenvalue weighted by Crippen LogP contribution is -2.48. The molecule has 0 amide bonds. The van der Waals surface area contributed by atoms with Crippen LogP contribution in [0.1, 0.15) is 59.8 Å². The smallest absolute Gasteiger partial charge is 0.328 e. The zero-order valence-corrected chi connectivity index (χ0v) is 16.8. The fourth-order valence-electron chi connectivity index (χ4n) is 5.53. The van der Waals surface area contributed by atoms with Crippen molar-refractivity contribution in [3.8, 4) is 0 Å². The van der Waals surface area contributed by atoms with E-state index in [0.29, 0.717) is 35.5 Å². The van der Waals surface area contributed by atoms with E-state index in [1.165, 1.54) is 11.6 Å². The van der Waals surface area contributed by atoms with E-state index in [-0.39, 0.29) is 6.10 Å². The van der Waals surface area contributed by atoms with Crippen molar-refractivity contribution >= 4 is 5.97 Å². The van der Waals surface area contributed by atoms with Gasteiger partial charge in [0.15, 0.2) is 0 Å². The summed E-state index contributed by atoms with van der Waals surface area (Å²) in [5.74, 6) is 1.88. The van der Waals surface area contributed by atoms with Crippen molar-refractivity contribution in [2.45, 2.75) is 65.9 Å². The highest BCUT2D eigenvalue weighted by Crippen LogP contribution is 2.53. The fraction of sp³-hybridized carbons (Fsp3) is 0.696. The molecule has 2 rings (SSSR count). The standard InChI is InChI=1S/C23H36O3/c1-5-6-9-15(2)22-17(4)14-19-20(24)13-12-16(3)23(19)18(22)10-7-8-11-21(25)26/h7-11,16-20,22-24H,5-6,12-14H2,1-4H3,(H,25,26)/t16-,17+,18+,19-,20-,22+,23-/m0/s1. The molecule has 0 heterocycles. The highest BCUT2D eigenvalue weighted by Gasteiger charge is 2.48. The van der Waals surface area contributed by atoms with Crippen LogP contribution in [0.4, 0.5) is 0 Å². The number of aliphatic carboxylic acids is 1. The van der Waals surface area contributed by atoms with Gasteiger partial charge in [-0.3, -0.25) is 0 Å². The summed E-state index contributed by atoms with van der Waals surface area (Å²) >= 11 is 0. The summed E-state index contributed by atoms with van der Waals surface area (Å²) in [4.78, 5) is 10.8. The monoisotopic (exact) mass is 360 g/mol. The zero-order chi connectivity index (χ0) is 19.3. The molecule has 26 heavy (non-hydrogen) atoms. The maximum absolute atomic E-state index is 10.8. The van der Waals surface area contributed by atoms with E-state index in [0.717, 1.165) is 32.1 Å². The molecule has 2 aliphatic rings. The third-order valence-corrected chi connectivity index (χ3v) is 6.64. The quantitative estimate of drug-likeness (QED) is 0.387. The molecule has 3 heteroatoms. The second kappa shape index (κ2) is 9.55. The van der Waals surface area contributed by atoms with Crippen molar-refractivity contribution in [2.24, 2.45) is 35.5 Å². The van der Waals surface area contributed by atoms with Gasteiger partial charge in [-0.25, -0.2) is 4.79 Å². The Morgan fingerprint density at radius 1 is 1.15 bits per heavy atom. The summed E-state index contributed by atoms with van der Waals surface area (Å²) in [6, 6.07) is 0. The molecule has 7 atom stereocenters. The molecule has 0 unspecified atom stereocenters. The van der Waals surface area contributed by atoms with Crippen LogP contribution >= 0.6 is 0 Å². The van der Waals surface area contributed by atoms with Gasteiger partial charge in [0.05, 0.1) is 6.10 Å². The van der Waals surface area contributed by atoms with Crippen molar-refractivity contribution in [1.82, 2.24) is 0 Å². The third-order valence-electron chi connectivity index (χ3n) is 6.64. The predicted octanol–water partition coefficient (Wildman–Crippen LogP) is 5.23. The Kier molecular flexibility index (Phi) is 7.69. The first-order chi connectivity index (χ1) is 12.4. The van der Waals surface area contributed by atoms with Gasteiger partial charge in [-0.05, 0) is 68.1 Å². The van der Waals surface area contributed by atoms with E-state index < -0.39 is 5.97 Å². The van der Waals surface area contributed by atoms with Crippen molar-refractivity contribution in [3.05, 3.63) is 36.0 Å². The van der Waals surface area contributed by atoms with Gasteiger partial charge in [-0.2, -0.15) is 0 Å². The molecule has 0 aromatic carbocycles. The van der Waals surface area contributed by atoms with Crippen molar-refractivity contribution in [2.75, 3.05) is 0 Å². The fourth-order valence-corrected chi connectivity index (χ4v) is 5.53. The molecule has 2 saturated carbocycles. The molecule has 0 radical (unpaired) electrons. The first kappa shape index (κ1) is 21.0. The summed E-state index contributed by atoms with van der Waals surface area (Å²) in [6.07, 6.45) is 14.5. The average molecular weight is 361 g/mol. The molecule has 0 aromatic rings. The van der Waals surface area contributed by atoms with E-state index in [1.807, 2.05) is 6.08 Å². The summed E-state index contributed by atoms with van der Waals surface area (Å²) < 4.78 is 0. The topological polar surface area (TPSA) is 57.5 Å². The molecule has 0 spiro atoms. The third kappa shape index (κ3) is 4.88. The molecule has 2 aliphatic carbocycles. The van der Waals surface area contributed by atoms with Crippen LogP contribution in [0.5, 0.6) is 0 Å². The first-order valence-electron chi connectivity index (χ1n) is 10.3. The minimum Gasteiger partial charge on any atom is -0.478 e. The summed E-state index contributed by atoms with van der Waals surface area (Å²) in [6.45, 7) is 9.12. The number of carboxylic acid groups (broad SMARTS) is 1. The van der Waals surface area contributed by atoms with Gasteiger partial charge in [0.25, 0.3) is 0 Å². The molecule has 2 N–H and O–H groups in total. The van der Waals surface area contributed by atoms with Gasteiger partial charge in [0.2, 0.25) is 0 Å². The van der Waals surface area contributed by atoms with Gasteiger partial charge in [-0.1, -0.05) is 57.1 Å². The molecule has 2 fully saturated rings. The number of carbonyl (C=O) groups is 1. The van der Waals surface area contributed by atoms with Gasteiger partial charge < -0.3 is 10.2 Å². The van der Waals surface area contributed by atoms with Crippen LogP contribution in [0, 0.1) is 35.5 Å². The van der Waals surface area contributed by atoms with Crippen LogP contribution in [0.15, 0.2) is 36.0 Å². The Labute approximate surface area is 158 Å². The molecule has 0 bridgehead atoms. The highest BCUT2D eigenvalue weighted by molar-refractivity contribution is 5.80. The largest absolute Gasteiger partial charge is 0.478 e. The highest BCUT2D eigenvalue weighted by atomic mass is 16.4. The SMILES string of the molecule is CCCC=C(C)[C@H]1[C@@H](C=CC=CC(=O)O)[C@H]2[C@@H](C[C@H]1C)[C@@H](O)CC[C@@H]2C. The van der Waals surface area contributed by atoms with Gasteiger partial charge in [0.1, 0.15) is 0 Å². The number of rotatable bonds is 6. The number of allylic oxidation sites excluding steroid dienone is 5. The molecular formula is C23H36O3. The number of unbranched alkanes of at least 4 members (excludes halogenated alkanes) is 1. The van der Waals surface area contributed by atoms with Crippen molar-refractivity contribution < 1.29 is 15.0 Å². The molecule has 0 saturated heterocycles. The molecule has 0 aromatic heterocycles. The minimum atomic E-state index is -0.915. The van der Waals surface area contributed by atoms with Crippen LogP contribution in [0.3, 0.4) is 0 Å². The van der Waals surface area contributed by atoms with E-state index >= 15 is 0 Å². The van der Waals surface area contributed by atoms with Crippen LogP contribution in [0.2, 0.25) is 0 Å². The van der Waals surface area contributed by atoms with E-state index in [9.17, 15) is 9.90 Å². The number of hydrogen-bond donors (Lipinski definition) is 2. The van der Waals surface area contributed by atoms with E-state index in [2.05, 4.69) is 39.8 Å². The van der Waals surface area contributed by atoms with Gasteiger partial charge >= 0.3 is 5.97 Å². The number of hydrogen-bond acceptors (Lipinski definition) is 2. The molecule has 146 valence electrons. The van der Waals surface area contributed by atoms with Crippen molar-refractivity contribution in [1.29, 1.82) is 0 Å². The van der Waals surface area contributed by atoms with Crippen LogP contribution in [-0.4, -0.2) is 22.3 Å². The molecule has 3 nitrogen and oxygen atoms in total. The predicted molar refractivity (Wildman–Crippen MR) is 107 cm³/mol. The number of aliphatic hydroxyl groups excluding tert-OH is 1. The molecular weight excluding hydrogens is 324 g/mol. The Hall–Kier alpha value is -1.35. The van der Waals surface area contributed by atoms with Crippen LogP contribution < -0.4 is 0 Å². The Balaban J connectivity index is 2.36. The normalized spacial score (nSPS) is 38.7. The Morgan fingerprint density at radius 2 is 1.88 bits per heavy atom. The maximum Gasteiger partial charge on any atom is 0.328 e. The lowest BCUT2D eigenvalue weighted by molar-refractivity contribution is -0.131. The maximum atomic E-state index is 10.8. The average Bonchev–Trinajstić information content (AvgIpc) is 2.59. The van der Waals surface area contributed by atoms with E-state index in [1.54, 1.807) is 6.08 Å². The molecule has 0 aliphatic heterocycles. The summed E-state index contributed by atoms with van der Waals surface area (Å²) in [5.41, 5.74) is 1.46. The number of fused-ring (bicyclic) bond motifs is 1. The van der Waals surface area contributed by atoms with Crippen molar-refractivity contribution in [3.63, 3.8) is 0 Å².